The molecule has 0 bridgehead atoms. The lowest BCUT2D eigenvalue weighted by Gasteiger charge is -2.09. The van der Waals surface area contributed by atoms with Gasteiger partial charge in [-0.3, -0.25) is 10.1 Å². The van der Waals surface area contributed by atoms with Gasteiger partial charge in [-0.2, -0.15) is 4.99 Å². The fraction of sp³-hybridized carbons (Fsp3) is 0.0417. The molecule has 10 heteroatoms. The second kappa shape index (κ2) is 9.97. The van der Waals surface area contributed by atoms with Crippen LogP contribution in [0.15, 0.2) is 83.9 Å². The van der Waals surface area contributed by atoms with Crippen molar-refractivity contribution < 1.29 is 9.66 Å². The molecule has 3 N–H and O–H groups in total. The third-order valence-electron chi connectivity index (χ3n) is 4.79. The van der Waals surface area contributed by atoms with E-state index in [-0.39, 0.29) is 17.6 Å². The number of benzene rings is 3. The summed E-state index contributed by atoms with van der Waals surface area (Å²) in [6, 6.07) is 22.2. The van der Waals surface area contributed by atoms with E-state index in [2.05, 4.69) is 20.3 Å². The molecule has 0 amide bonds. The largest absolute Gasteiger partial charge is 0.497 e. The monoisotopic (exact) mass is 474 g/mol. The molecule has 0 saturated heterocycles. The minimum absolute atomic E-state index is 0.0453. The van der Waals surface area contributed by atoms with Gasteiger partial charge >= 0.3 is 0 Å². The van der Waals surface area contributed by atoms with Crippen molar-refractivity contribution in [2.45, 2.75) is 0 Å². The molecule has 0 fully saturated rings. The lowest BCUT2D eigenvalue weighted by atomic mass is 10.1. The number of nitro benzene ring substituents is 1. The van der Waals surface area contributed by atoms with Crippen LogP contribution in [0.4, 0.5) is 17.3 Å². The molecule has 1 aromatic heterocycles. The zero-order valence-corrected chi connectivity index (χ0v) is 18.7. The zero-order chi connectivity index (χ0) is 24.1. The summed E-state index contributed by atoms with van der Waals surface area (Å²) in [4.78, 5) is 24.1. The number of aromatic nitrogens is 2. The number of nitrogens with zero attached hydrogens (tertiary/aromatic N) is 4. The van der Waals surface area contributed by atoms with Crippen molar-refractivity contribution in [1.82, 2.24) is 9.97 Å². The van der Waals surface area contributed by atoms with Crippen LogP contribution in [0.3, 0.4) is 0 Å². The van der Waals surface area contributed by atoms with E-state index in [9.17, 15) is 10.1 Å². The van der Waals surface area contributed by atoms with E-state index < -0.39 is 4.92 Å². The number of methoxy groups -OCH3 is 1. The van der Waals surface area contributed by atoms with Gasteiger partial charge in [-0.25, -0.2) is 9.97 Å². The summed E-state index contributed by atoms with van der Waals surface area (Å²) >= 11 is 5.92. The Labute approximate surface area is 200 Å². The van der Waals surface area contributed by atoms with Crippen molar-refractivity contribution in [3.8, 4) is 28.3 Å². The number of halogens is 1. The van der Waals surface area contributed by atoms with Crippen molar-refractivity contribution in [3.63, 3.8) is 0 Å². The number of nitro groups is 1. The highest BCUT2D eigenvalue weighted by atomic mass is 35.5. The van der Waals surface area contributed by atoms with Gasteiger partial charge in [-0.15, -0.1) is 0 Å². The quantitative estimate of drug-likeness (QED) is 0.165. The van der Waals surface area contributed by atoms with Crippen LogP contribution in [-0.4, -0.2) is 28.0 Å². The number of nitrogens with one attached hydrogen (secondary N) is 1. The third-order valence-corrected chi connectivity index (χ3v) is 5.04. The lowest BCUT2D eigenvalue weighted by molar-refractivity contribution is -0.384. The van der Waals surface area contributed by atoms with E-state index in [0.717, 1.165) is 5.56 Å². The Bertz CT molecular complexity index is 1360. The number of hydrogen-bond acceptors (Lipinski definition) is 6. The van der Waals surface area contributed by atoms with Gasteiger partial charge < -0.3 is 15.8 Å². The van der Waals surface area contributed by atoms with E-state index in [1.165, 1.54) is 12.1 Å². The summed E-state index contributed by atoms with van der Waals surface area (Å²) in [6.07, 6.45) is 0. The van der Waals surface area contributed by atoms with Gasteiger partial charge in [0.05, 0.1) is 23.4 Å². The van der Waals surface area contributed by atoms with E-state index in [0.29, 0.717) is 33.4 Å². The summed E-state index contributed by atoms with van der Waals surface area (Å²) in [6.45, 7) is 0. The van der Waals surface area contributed by atoms with E-state index in [4.69, 9.17) is 22.1 Å². The molecule has 9 nitrogen and oxygen atoms in total. The molecule has 0 saturated carbocycles. The van der Waals surface area contributed by atoms with Crippen molar-refractivity contribution in [3.05, 3.63) is 94.0 Å². The number of hydrogen-bond donors (Lipinski definition) is 2. The third kappa shape index (κ3) is 5.45. The summed E-state index contributed by atoms with van der Waals surface area (Å²) in [5.74, 6) is 0.861. The first-order valence-electron chi connectivity index (χ1n) is 10.1. The predicted octanol–water partition coefficient (Wildman–Crippen LogP) is 5.44. The molecule has 0 atom stereocenters. The normalized spacial score (nSPS) is 11.2. The Hall–Kier alpha value is -4.50. The number of non-ortho nitro benzene ring substituents is 1. The number of aliphatic imine (C=N–C) groups is 1. The number of anilines is 1. The topological polar surface area (TPSA) is 129 Å². The molecule has 0 radical (unpaired) electrons. The van der Waals surface area contributed by atoms with E-state index in [1.807, 2.05) is 24.3 Å². The average molecular weight is 475 g/mol. The molecule has 0 spiro atoms. The molecular formula is C24H19ClN6O3. The molecule has 170 valence electrons. The van der Waals surface area contributed by atoms with Crippen LogP contribution in [0, 0.1) is 10.1 Å². The predicted molar refractivity (Wildman–Crippen MR) is 132 cm³/mol. The van der Waals surface area contributed by atoms with Gasteiger partial charge in [0, 0.05) is 34.0 Å². The Morgan fingerprint density at radius 3 is 2.32 bits per heavy atom. The Kier molecular flexibility index (Phi) is 6.65. The van der Waals surface area contributed by atoms with Gasteiger partial charge in [-0.05, 0) is 54.6 Å². The van der Waals surface area contributed by atoms with Crippen LogP contribution in [0.2, 0.25) is 5.02 Å². The number of rotatable bonds is 6. The van der Waals surface area contributed by atoms with Gasteiger partial charge in [-0.1, -0.05) is 23.7 Å². The summed E-state index contributed by atoms with van der Waals surface area (Å²) in [5, 5.41) is 14.8. The molecule has 0 aliphatic heterocycles. The van der Waals surface area contributed by atoms with Crippen LogP contribution < -0.4 is 15.8 Å². The Morgan fingerprint density at radius 2 is 1.68 bits per heavy atom. The van der Waals surface area contributed by atoms with Crippen LogP contribution in [0.1, 0.15) is 0 Å². The molecule has 4 aromatic rings. The van der Waals surface area contributed by atoms with Gasteiger partial charge in [0.25, 0.3) is 11.6 Å². The lowest BCUT2D eigenvalue weighted by Crippen LogP contribution is -2.22. The fourth-order valence-electron chi connectivity index (χ4n) is 3.14. The summed E-state index contributed by atoms with van der Waals surface area (Å²) < 4.78 is 5.22. The number of ether oxygens (including phenoxy) is 1. The smallest absolute Gasteiger partial charge is 0.270 e. The average Bonchev–Trinajstić information content (AvgIpc) is 2.85. The molecule has 0 unspecified atom stereocenters. The first kappa shape index (κ1) is 22.7. The molecule has 3 aromatic carbocycles. The Balaban J connectivity index is 1.76. The van der Waals surface area contributed by atoms with Crippen LogP contribution >= 0.6 is 11.6 Å². The van der Waals surface area contributed by atoms with Crippen molar-refractivity contribution in [2.24, 2.45) is 10.7 Å². The van der Waals surface area contributed by atoms with Crippen LogP contribution in [0.5, 0.6) is 5.75 Å². The highest BCUT2D eigenvalue weighted by Crippen LogP contribution is 2.29. The Morgan fingerprint density at radius 1 is 1.00 bits per heavy atom. The second-order valence-electron chi connectivity index (χ2n) is 7.10. The first-order valence-corrected chi connectivity index (χ1v) is 10.4. The fourth-order valence-corrected chi connectivity index (χ4v) is 3.26. The number of guanidine groups is 1. The summed E-state index contributed by atoms with van der Waals surface area (Å²) in [5.41, 5.74) is 9.08. The van der Waals surface area contributed by atoms with E-state index in [1.54, 1.807) is 49.6 Å². The first-order chi connectivity index (χ1) is 16.4. The van der Waals surface area contributed by atoms with Crippen molar-refractivity contribution in [1.29, 1.82) is 0 Å². The van der Waals surface area contributed by atoms with Crippen molar-refractivity contribution >= 4 is 34.9 Å². The van der Waals surface area contributed by atoms with Gasteiger partial charge in [0.15, 0.2) is 0 Å². The maximum absolute atomic E-state index is 11.2. The molecule has 1 heterocycles. The molecule has 0 aliphatic rings. The molecule has 0 aliphatic carbocycles. The highest BCUT2D eigenvalue weighted by Gasteiger charge is 2.13. The van der Waals surface area contributed by atoms with Gasteiger partial charge in [0.2, 0.25) is 5.96 Å². The molecular weight excluding hydrogens is 456 g/mol. The number of nitrogens with two attached hydrogens (primary N) is 1. The minimum atomic E-state index is -0.456. The van der Waals surface area contributed by atoms with Crippen LogP contribution in [-0.2, 0) is 0 Å². The minimum Gasteiger partial charge on any atom is -0.497 e. The zero-order valence-electron chi connectivity index (χ0n) is 18.0. The van der Waals surface area contributed by atoms with Crippen molar-refractivity contribution in [2.75, 3.05) is 12.4 Å². The highest BCUT2D eigenvalue weighted by molar-refractivity contribution is 6.30. The summed E-state index contributed by atoms with van der Waals surface area (Å²) in [7, 11) is 1.59. The standard InChI is InChI=1S/C24H19ClN6O3/c1-34-20-11-5-15(6-12-20)21-14-22(16-3-2-4-19(13-16)31(32)33)29-24(28-21)30-23(26)27-18-9-7-17(25)8-10-18/h2-14H,1H3,(H3,26,27,28,29,30). The molecule has 4 rings (SSSR count). The van der Waals surface area contributed by atoms with Crippen LogP contribution in [0.25, 0.3) is 22.5 Å². The maximum atomic E-state index is 11.2. The van der Waals surface area contributed by atoms with Gasteiger partial charge in [0.1, 0.15) is 5.75 Å². The van der Waals surface area contributed by atoms with E-state index >= 15 is 0 Å². The maximum Gasteiger partial charge on any atom is 0.270 e. The second-order valence-corrected chi connectivity index (χ2v) is 7.54. The SMILES string of the molecule is COc1ccc(-c2cc(-c3cccc([N+](=O)[O-])c3)nc(N=C(N)Nc3ccc(Cl)cc3)n2)cc1. The molecule has 34 heavy (non-hydrogen) atoms.